The second-order valence-electron chi connectivity index (χ2n) is 5.04. The van der Waals surface area contributed by atoms with Gasteiger partial charge in [0, 0.05) is 11.0 Å². The molecule has 2 aromatic rings. The van der Waals surface area contributed by atoms with Crippen LogP contribution in [0.2, 0.25) is 0 Å². The molecule has 0 unspecified atom stereocenters. The molecule has 1 N–H and O–H groups in total. The number of carbonyl (C=O) groups is 2. The highest BCUT2D eigenvalue weighted by Crippen LogP contribution is 2.18. The molecule has 0 bridgehead atoms. The standard InChI is InChI=1S/C15H17BrN4O3/c1-3-7-19(9-13(21)22)15(23)14-10(2)20(18-17-14)12-6-4-5-11(16)8-12/h4-6,8H,3,7,9H2,1-2H3,(H,21,22). The molecule has 0 fully saturated rings. The van der Waals surface area contributed by atoms with Crippen molar-refractivity contribution in [3.8, 4) is 5.69 Å². The molecule has 7 nitrogen and oxygen atoms in total. The smallest absolute Gasteiger partial charge is 0.323 e. The zero-order chi connectivity index (χ0) is 17.0. The summed E-state index contributed by atoms with van der Waals surface area (Å²) in [6.45, 7) is 3.62. The summed E-state index contributed by atoms with van der Waals surface area (Å²) in [5.41, 5.74) is 1.50. The van der Waals surface area contributed by atoms with Gasteiger partial charge in [0.1, 0.15) is 6.54 Å². The van der Waals surface area contributed by atoms with E-state index in [0.29, 0.717) is 18.7 Å². The summed E-state index contributed by atoms with van der Waals surface area (Å²) in [7, 11) is 0. The van der Waals surface area contributed by atoms with Crippen molar-refractivity contribution < 1.29 is 14.7 Å². The normalized spacial score (nSPS) is 10.6. The van der Waals surface area contributed by atoms with E-state index < -0.39 is 11.9 Å². The lowest BCUT2D eigenvalue weighted by molar-refractivity contribution is -0.137. The summed E-state index contributed by atoms with van der Waals surface area (Å²) >= 11 is 3.39. The van der Waals surface area contributed by atoms with Gasteiger partial charge in [0.15, 0.2) is 5.69 Å². The average Bonchev–Trinajstić information content (AvgIpc) is 2.87. The molecule has 0 saturated carbocycles. The number of aromatic nitrogens is 3. The molecule has 0 aliphatic heterocycles. The quantitative estimate of drug-likeness (QED) is 0.830. The minimum Gasteiger partial charge on any atom is -0.480 e. The van der Waals surface area contributed by atoms with Crippen LogP contribution in [0.3, 0.4) is 0 Å². The highest BCUT2D eigenvalue weighted by Gasteiger charge is 2.24. The van der Waals surface area contributed by atoms with Crippen molar-refractivity contribution in [1.82, 2.24) is 19.9 Å². The lowest BCUT2D eigenvalue weighted by Crippen LogP contribution is -2.36. The third-order valence-electron chi connectivity index (χ3n) is 3.26. The predicted octanol–water partition coefficient (Wildman–Crippen LogP) is 2.28. The number of amides is 1. The van der Waals surface area contributed by atoms with Crippen molar-refractivity contribution in [3.63, 3.8) is 0 Å². The number of benzene rings is 1. The topological polar surface area (TPSA) is 88.3 Å². The van der Waals surface area contributed by atoms with Gasteiger partial charge in [0.2, 0.25) is 0 Å². The number of carboxylic acid groups (broad SMARTS) is 1. The van der Waals surface area contributed by atoms with Gasteiger partial charge >= 0.3 is 5.97 Å². The van der Waals surface area contributed by atoms with E-state index in [0.717, 1.165) is 10.2 Å². The van der Waals surface area contributed by atoms with Gasteiger partial charge in [-0.15, -0.1) is 5.10 Å². The van der Waals surface area contributed by atoms with Gasteiger partial charge in [-0.25, -0.2) is 4.68 Å². The summed E-state index contributed by atoms with van der Waals surface area (Å²) < 4.78 is 2.44. The Morgan fingerprint density at radius 2 is 2.13 bits per heavy atom. The SMILES string of the molecule is CCCN(CC(=O)O)C(=O)c1nnn(-c2cccc(Br)c2)c1C. The van der Waals surface area contributed by atoms with Crippen LogP contribution in [0.15, 0.2) is 28.7 Å². The van der Waals surface area contributed by atoms with Gasteiger partial charge in [-0.2, -0.15) is 0 Å². The summed E-state index contributed by atoms with van der Waals surface area (Å²) in [5, 5.41) is 16.9. The number of carboxylic acids is 1. The van der Waals surface area contributed by atoms with E-state index in [1.54, 1.807) is 11.6 Å². The highest BCUT2D eigenvalue weighted by molar-refractivity contribution is 9.10. The summed E-state index contributed by atoms with van der Waals surface area (Å²) in [4.78, 5) is 24.7. The lowest BCUT2D eigenvalue weighted by atomic mass is 10.2. The molecule has 2 rings (SSSR count). The van der Waals surface area contributed by atoms with E-state index in [9.17, 15) is 9.59 Å². The van der Waals surface area contributed by atoms with Crippen LogP contribution in [0.1, 0.15) is 29.5 Å². The van der Waals surface area contributed by atoms with Crippen LogP contribution in [-0.4, -0.2) is 50.0 Å². The van der Waals surface area contributed by atoms with E-state index >= 15 is 0 Å². The van der Waals surface area contributed by atoms with Gasteiger partial charge in [0.05, 0.1) is 11.4 Å². The van der Waals surface area contributed by atoms with Gasteiger partial charge in [-0.3, -0.25) is 9.59 Å². The monoisotopic (exact) mass is 380 g/mol. The minimum absolute atomic E-state index is 0.166. The number of nitrogens with zero attached hydrogens (tertiary/aromatic N) is 4. The minimum atomic E-state index is -1.05. The first-order valence-corrected chi connectivity index (χ1v) is 7.92. The molecule has 1 aromatic heterocycles. The Morgan fingerprint density at radius 3 is 2.74 bits per heavy atom. The fourth-order valence-electron chi connectivity index (χ4n) is 2.22. The Bertz CT molecular complexity index is 729. The molecule has 23 heavy (non-hydrogen) atoms. The van der Waals surface area contributed by atoms with Crippen LogP contribution in [0.25, 0.3) is 5.69 Å². The first-order chi connectivity index (χ1) is 10.9. The molecule has 0 spiro atoms. The Labute approximate surface area is 142 Å². The van der Waals surface area contributed by atoms with Crippen molar-refractivity contribution in [2.24, 2.45) is 0 Å². The third-order valence-corrected chi connectivity index (χ3v) is 3.75. The zero-order valence-electron chi connectivity index (χ0n) is 12.9. The van der Waals surface area contributed by atoms with Crippen LogP contribution in [0.5, 0.6) is 0 Å². The second kappa shape index (κ2) is 7.36. The Morgan fingerprint density at radius 1 is 1.39 bits per heavy atom. The number of rotatable bonds is 6. The molecule has 0 saturated heterocycles. The van der Waals surface area contributed by atoms with Crippen LogP contribution < -0.4 is 0 Å². The molecule has 0 aliphatic carbocycles. The van der Waals surface area contributed by atoms with Crippen molar-refractivity contribution in [3.05, 3.63) is 40.1 Å². The average molecular weight is 381 g/mol. The summed E-state index contributed by atoms with van der Waals surface area (Å²) in [6.07, 6.45) is 0.665. The maximum Gasteiger partial charge on any atom is 0.323 e. The molecular formula is C15H17BrN4O3. The van der Waals surface area contributed by atoms with Crippen LogP contribution in [-0.2, 0) is 4.79 Å². The molecule has 1 aromatic carbocycles. The zero-order valence-corrected chi connectivity index (χ0v) is 14.4. The van der Waals surface area contributed by atoms with E-state index in [1.165, 1.54) is 4.90 Å². The van der Waals surface area contributed by atoms with E-state index in [1.807, 2.05) is 31.2 Å². The van der Waals surface area contributed by atoms with Crippen LogP contribution in [0.4, 0.5) is 0 Å². The number of hydrogen-bond acceptors (Lipinski definition) is 4. The third kappa shape index (κ3) is 3.95. The second-order valence-corrected chi connectivity index (χ2v) is 5.95. The Hall–Kier alpha value is -2.22. The fraction of sp³-hybridized carbons (Fsp3) is 0.333. The summed E-state index contributed by atoms with van der Waals surface area (Å²) in [6, 6.07) is 7.45. The largest absolute Gasteiger partial charge is 0.480 e. The van der Waals surface area contributed by atoms with Crippen molar-refractivity contribution in [2.75, 3.05) is 13.1 Å². The Kier molecular flexibility index (Phi) is 5.49. The first kappa shape index (κ1) is 17.1. The highest BCUT2D eigenvalue weighted by atomic mass is 79.9. The molecule has 122 valence electrons. The van der Waals surface area contributed by atoms with Crippen LogP contribution >= 0.6 is 15.9 Å². The van der Waals surface area contributed by atoms with Gasteiger partial charge in [-0.1, -0.05) is 34.1 Å². The number of carbonyl (C=O) groups excluding carboxylic acids is 1. The van der Waals surface area contributed by atoms with E-state index in [2.05, 4.69) is 26.2 Å². The molecular weight excluding hydrogens is 364 g/mol. The molecule has 0 atom stereocenters. The first-order valence-electron chi connectivity index (χ1n) is 7.13. The van der Waals surface area contributed by atoms with E-state index in [4.69, 9.17) is 5.11 Å². The Balaban J connectivity index is 2.33. The molecule has 1 heterocycles. The van der Waals surface area contributed by atoms with E-state index in [-0.39, 0.29) is 12.2 Å². The van der Waals surface area contributed by atoms with Crippen molar-refractivity contribution in [1.29, 1.82) is 0 Å². The molecule has 0 aliphatic rings. The maximum absolute atomic E-state index is 12.5. The summed E-state index contributed by atoms with van der Waals surface area (Å²) in [5.74, 6) is -1.48. The van der Waals surface area contributed by atoms with Crippen LogP contribution in [0, 0.1) is 6.92 Å². The molecule has 1 amide bonds. The lowest BCUT2D eigenvalue weighted by Gasteiger charge is -2.18. The number of hydrogen-bond donors (Lipinski definition) is 1. The maximum atomic E-state index is 12.5. The number of aliphatic carboxylic acids is 1. The van der Waals surface area contributed by atoms with Gasteiger partial charge < -0.3 is 10.0 Å². The fourth-order valence-corrected chi connectivity index (χ4v) is 2.60. The van der Waals surface area contributed by atoms with Gasteiger partial charge in [0.25, 0.3) is 5.91 Å². The molecule has 0 radical (unpaired) electrons. The number of halogens is 1. The van der Waals surface area contributed by atoms with Crippen molar-refractivity contribution in [2.45, 2.75) is 20.3 Å². The van der Waals surface area contributed by atoms with Crippen molar-refractivity contribution >= 4 is 27.8 Å². The predicted molar refractivity (Wildman–Crippen MR) is 87.6 cm³/mol. The van der Waals surface area contributed by atoms with Gasteiger partial charge in [-0.05, 0) is 31.5 Å². The molecule has 8 heteroatoms.